The lowest BCUT2D eigenvalue weighted by Gasteiger charge is -2.36. The summed E-state index contributed by atoms with van der Waals surface area (Å²) >= 11 is 0. The Morgan fingerprint density at radius 3 is 2.47 bits per heavy atom. The zero-order valence-corrected chi connectivity index (χ0v) is 17.2. The third-order valence-corrected chi connectivity index (χ3v) is 6.51. The van der Waals surface area contributed by atoms with Gasteiger partial charge in [-0.05, 0) is 50.7 Å². The first-order valence-corrected chi connectivity index (χ1v) is 10.8. The van der Waals surface area contributed by atoms with E-state index < -0.39 is 12.5 Å². The molecule has 5 rings (SSSR count). The van der Waals surface area contributed by atoms with Crippen LogP contribution in [0.2, 0.25) is 0 Å². The van der Waals surface area contributed by atoms with Crippen LogP contribution in [0.4, 0.5) is 18.0 Å². The van der Waals surface area contributed by atoms with Crippen LogP contribution in [0.3, 0.4) is 0 Å². The third kappa shape index (κ3) is 4.15. The molecule has 32 heavy (non-hydrogen) atoms. The Bertz CT molecular complexity index is 990. The Balaban J connectivity index is 1.38. The molecule has 3 aliphatic rings. The number of carbonyl (C=O) groups is 1. The highest BCUT2D eigenvalue weighted by Gasteiger charge is 2.44. The third-order valence-electron chi connectivity index (χ3n) is 6.51. The van der Waals surface area contributed by atoms with E-state index in [0.29, 0.717) is 24.2 Å². The van der Waals surface area contributed by atoms with E-state index in [1.165, 1.54) is 23.1 Å². The first-order valence-electron chi connectivity index (χ1n) is 10.8. The Morgan fingerprint density at radius 2 is 1.84 bits per heavy atom. The molecule has 1 aromatic carbocycles. The lowest BCUT2D eigenvalue weighted by atomic mass is 9.99. The van der Waals surface area contributed by atoms with E-state index in [-0.39, 0.29) is 47.7 Å². The zero-order valence-electron chi connectivity index (χ0n) is 17.2. The van der Waals surface area contributed by atoms with Gasteiger partial charge in [-0.1, -0.05) is 17.3 Å². The van der Waals surface area contributed by atoms with E-state index >= 15 is 0 Å². The molecule has 0 radical (unpaired) electrons. The van der Waals surface area contributed by atoms with E-state index in [2.05, 4.69) is 9.89 Å². The maximum Gasteiger partial charge on any atom is 0.573 e. The topological polar surface area (TPSA) is 85.0 Å². The van der Waals surface area contributed by atoms with Crippen molar-refractivity contribution in [2.45, 2.75) is 75.6 Å². The molecule has 3 atom stereocenters. The predicted octanol–water partition coefficient (Wildman–Crippen LogP) is 5.31. The predicted molar refractivity (Wildman–Crippen MR) is 105 cm³/mol. The number of ether oxygens (including phenoxy) is 2. The summed E-state index contributed by atoms with van der Waals surface area (Å²) in [7, 11) is 0. The molecule has 3 fully saturated rings. The van der Waals surface area contributed by atoms with Crippen molar-refractivity contribution in [1.82, 2.24) is 10.1 Å². The van der Waals surface area contributed by atoms with Gasteiger partial charge in [-0.2, -0.15) is 0 Å². The van der Waals surface area contributed by atoms with Crippen LogP contribution < -0.4 is 4.74 Å². The summed E-state index contributed by atoms with van der Waals surface area (Å²) in [6.45, 7) is 0.141. The minimum Gasteiger partial charge on any atom is -0.465 e. The fraction of sp³-hybridized carbons (Fsp3) is 0.545. The van der Waals surface area contributed by atoms with Crippen LogP contribution in [0.15, 0.2) is 28.8 Å². The van der Waals surface area contributed by atoms with Gasteiger partial charge >= 0.3 is 12.5 Å². The molecule has 1 amide bonds. The molecule has 1 aliphatic carbocycles. The van der Waals surface area contributed by atoms with Gasteiger partial charge in [0.2, 0.25) is 0 Å². The molecule has 10 heteroatoms. The Kier molecular flexibility index (Phi) is 5.27. The van der Waals surface area contributed by atoms with Crippen molar-refractivity contribution in [3.8, 4) is 17.0 Å². The van der Waals surface area contributed by atoms with Crippen molar-refractivity contribution >= 4 is 6.09 Å². The zero-order chi connectivity index (χ0) is 22.5. The van der Waals surface area contributed by atoms with Crippen molar-refractivity contribution in [1.29, 1.82) is 0 Å². The van der Waals surface area contributed by atoms with Crippen molar-refractivity contribution in [3.63, 3.8) is 0 Å². The maximum atomic E-state index is 12.9. The van der Waals surface area contributed by atoms with E-state index in [4.69, 9.17) is 9.26 Å². The summed E-state index contributed by atoms with van der Waals surface area (Å²) in [5.41, 5.74) is 1.12. The number of rotatable bonds is 6. The van der Waals surface area contributed by atoms with Crippen molar-refractivity contribution in [3.05, 3.63) is 35.6 Å². The Labute approximate surface area is 182 Å². The van der Waals surface area contributed by atoms with E-state index in [9.17, 15) is 23.1 Å². The molecule has 3 heterocycles. The molecule has 2 saturated heterocycles. The first kappa shape index (κ1) is 21.1. The monoisotopic (exact) mass is 452 g/mol. The molecule has 0 spiro atoms. The number of hydrogen-bond acceptors (Lipinski definition) is 5. The lowest BCUT2D eigenvalue weighted by Crippen LogP contribution is -2.47. The largest absolute Gasteiger partial charge is 0.573 e. The van der Waals surface area contributed by atoms with Crippen LogP contribution in [0.25, 0.3) is 11.3 Å². The highest BCUT2D eigenvalue weighted by Crippen LogP contribution is 2.46. The van der Waals surface area contributed by atoms with Gasteiger partial charge in [0.05, 0.1) is 12.7 Å². The highest BCUT2D eigenvalue weighted by molar-refractivity contribution is 5.70. The minimum absolute atomic E-state index is 0.0537. The van der Waals surface area contributed by atoms with Crippen LogP contribution in [-0.2, 0) is 11.3 Å². The number of benzene rings is 1. The number of para-hydroxylation sites is 1. The smallest absolute Gasteiger partial charge is 0.465 e. The van der Waals surface area contributed by atoms with Gasteiger partial charge in [0.1, 0.15) is 17.2 Å². The molecule has 2 aliphatic heterocycles. The van der Waals surface area contributed by atoms with E-state index in [1.807, 2.05) is 0 Å². The van der Waals surface area contributed by atoms with Gasteiger partial charge in [0.15, 0.2) is 0 Å². The molecule has 2 bridgehead atoms. The van der Waals surface area contributed by atoms with Crippen molar-refractivity contribution in [2.24, 2.45) is 0 Å². The molecule has 0 unspecified atom stereocenters. The molecular formula is C22H23F3N2O5. The minimum atomic E-state index is -4.83. The van der Waals surface area contributed by atoms with Gasteiger partial charge in [-0.25, -0.2) is 4.79 Å². The number of aromatic nitrogens is 1. The first-order chi connectivity index (χ1) is 15.3. The molecular weight excluding hydrogens is 429 g/mol. The van der Waals surface area contributed by atoms with Crippen LogP contribution in [0, 0.1) is 0 Å². The van der Waals surface area contributed by atoms with Gasteiger partial charge < -0.3 is 24.0 Å². The number of hydrogen-bond donors (Lipinski definition) is 1. The summed E-state index contributed by atoms with van der Waals surface area (Å²) in [6, 6.07) is 5.75. The van der Waals surface area contributed by atoms with Crippen LogP contribution >= 0.6 is 0 Å². The SMILES string of the molecule is O=C(O)N1[C@@H]2CC[C@H]1C[C@@H](OCc1c(-c3ccccc3OC(F)(F)F)noc1C1CC1)C2. The summed E-state index contributed by atoms with van der Waals surface area (Å²) in [6.07, 6.45) is -1.11. The number of halogens is 3. The van der Waals surface area contributed by atoms with Crippen LogP contribution in [0.1, 0.15) is 55.8 Å². The number of alkyl halides is 3. The van der Waals surface area contributed by atoms with Gasteiger partial charge in [0, 0.05) is 29.1 Å². The van der Waals surface area contributed by atoms with Crippen LogP contribution in [0.5, 0.6) is 5.75 Å². The average molecular weight is 452 g/mol. The number of nitrogens with zero attached hydrogens (tertiary/aromatic N) is 2. The second kappa shape index (κ2) is 7.99. The highest BCUT2D eigenvalue weighted by atomic mass is 19.4. The molecule has 7 nitrogen and oxygen atoms in total. The number of carboxylic acid groups (broad SMARTS) is 1. The average Bonchev–Trinajstić information content (AvgIpc) is 3.42. The van der Waals surface area contributed by atoms with E-state index in [0.717, 1.165) is 25.7 Å². The van der Waals surface area contributed by atoms with Crippen LogP contribution in [-0.4, -0.2) is 45.8 Å². The normalized spacial score (nSPS) is 25.2. The number of fused-ring (bicyclic) bond motifs is 2. The Morgan fingerprint density at radius 1 is 1.16 bits per heavy atom. The second-order valence-electron chi connectivity index (χ2n) is 8.67. The van der Waals surface area contributed by atoms with Gasteiger partial charge in [0.25, 0.3) is 0 Å². The summed E-state index contributed by atoms with van der Waals surface area (Å²) in [5, 5.41) is 13.5. The number of piperidine rings is 1. The van der Waals surface area contributed by atoms with Crippen molar-refractivity contribution < 1.29 is 37.1 Å². The number of amides is 1. The summed E-state index contributed by atoms with van der Waals surface area (Å²) < 4.78 is 54.6. The summed E-state index contributed by atoms with van der Waals surface area (Å²) in [5.74, 6) is 0.494. The molecule has 172 valence electrons. The van der Waals surface area contributed by atoms with Gasteiger partial charge in [-0.3, -0.25) is 0 Å². The van der Waals surface area contributed by atoms with Gasteiger partial charge in [-0.15, -0.1) is 13.2 Å². The van der Waals surface area contributed by atoms with E-state index in [1.54, 1.807) is 6.07 Å². The lowest BCUT2D eigenvalue weighted by molar-refractivity contribution is -0.274. The molecule has 1 aromatic heterocycles. The quantitative estimate of drug-likeness (QED) is 0.640. The molecule has 1 saturated carbocycles. The fourth-order valence-corrected chi connectivity index (χ4v) is 4.99. The fourth-order valence-electron chi connectivity index (χ4n) is 4.99. The maximum absolute atomic E-state index is 12.9. The molecule has 1 N–H and O–H groups in total. The summed E-state index contributed by atoms with van der Waals surface area (Å²) in [4.78, 5) is 13.0. The second-order valence-corrected chi connectivity index (χ2v) is 8.67. The van der Waals surface area contributed by atoms with Crippen molar-refractivity contribution in [2.75, 3.05) is 0 Å². The Hall–Kier alpha value is -2.75. The molecule has 2 aromatic rings. The standard InChI is InChI=1S/C22H23F3N2O5/c23-22(24,25)31-18-4-2-1-3-16(18)19-17(20(32-26-19)12-5-6-12)11-30-15-9-13-7-8-14(10-15)27(13)21(28)29/h1-4,12-15H,5-11H2,(H,28,29)/t13-,14+,15+.